The number of furan rings is 1. The van der Waals surface area contributed by atoms with Gasteiger partial charge in [0.25, 0.3) is 0 Å². The Kier molecular flexibility index (Phi) is 4.16. The van der Waals surface area contributed by atoms with Crippen molar-refractivity contribution in [2.45, 2.75) is 6.92 Å². The summed E-state index contributed by atoms with van der Waals surface area (Å²) in [6.07, 6.45) is 0. The highest BCUT2D eigenvalue weighted by Gasteiger charge is 2.20. The predicted octanol–water partition coefficient (Wildman–Crippen LogP) is 4.27. The molecule has 0 unspecified atom stereocenters. The first kappa shape index (κ1) is 16.9. The molecule has 0 atom stereocenters. The highest BCUT2D eigenvalue weighted by molar-refractivity contribution is 6.02. The highest BCUT2D eigenvalue weighted by Crippen LogP contribution is 2.25. The van der Waals surface area contributed by atoms with Gasteiger partial charge < -0.3 is 18.9 Å². The summed E-state index contributed by atoms with van der Waals surface area (Å²) in [6.45, 7) is 1.42. The van der Waals surface area contributed by atoms with E-state index in [9.17, 15) is 9.59 Å². The molecule has 0 radical (unpaired) electrons. The number of esters is 1. The van der Waals surface area contributed by atoms with E-state index in [1.807, 2.05) is 31.2 Å². The summed E-state index contributed by atoms with van der Waals surface area (Å²) in [5.74, 6) is -0.0905. The van der Waals surface area contributed by atoms with Crippen molar-refractivity contribution in [3.63, 3.8) is 0 Å². The van der Waals surface area contributed by atoms with Crippen LogP contribution in [0.25, 0.3) is 21.9 Å². The topological polar surface area (TPSA) is 81.5 Å². The third-order valence-corrected chi connectivity index (χ3v) is 4.48. The van der Waals surface area contributed by atoms with Crippen LogP contribution in [0.4, 0.5) is 0 Å². The lowest BCUT2D eigenvalue weighted by molar-refractivity contribution is 0.0463. The zero-order chi connectivity index (χ0) is 19.0. The summed E-state index contributed by atoms with van der Waals surface area (Å²) in [5, 5.41) is 1.72. The van der Waals surface area contributed by atoms with Crippen LogP contribution in [-0.2, 0) is 4.74 Å². The number of rotatable bonds is 5. The van der Waals surface area contributed by atoms with Gasteiger partial charge in [-0.3, -0.25) is 4.79 Å². The number of carbonyl (C=O) groups excluding carboxylic acids is 2. The number of aromatic nitrogens is 1. The molecular formula is C21H17NO5. The van der Waals surface area contributed by atoms with Gasteiger partial charge in [0.05, 0.1) is 7.11 Å². The van der Waals surface area contributed by atoms with Gasteiger partial charge in [0.1, 0.15) is 17.0 Å². The van der Waals surface area contributed by atoms with Gasteiger partial charge in [-0.25, -0.2) is 4.79 Å². The second-order valence-electron chi connectivity index (χ2n) is 6.19. The number of carbonyl (C=O) groups is 2. The lowest BCUT2D eigenvalue weighted by Crippen LogP contribution is -2.14. The average molecular weight is 363 g/mol. The number of para-hydroxylation sites is 1. The van der Waals surface area contributed by atoms with E-state index in [1.165, 1.54) is 0 Å². The number of ether oxygens (including phenoxy) is 2. The molecule has 0 aliphatic rings. The summed E-state index contributed by atoms with van der Waals surface area (Å²) >= 11 is 0. The Labute approximate surface area is 154 Å². The number of Topliss-reactive ketones (excluding diaryl/α,β-unsaturated/α-hetero) is 1. The molecule has 27 heavy (non-hydrogen) atoms. The molecule has 0 aliphatic carbocycles. The van der Waals surface area contributed by atoms with E-state index in [0.29, 0.717) is 11.3 Å². The molecule has 0 spiro atoms. The molecule has 136 valence electrons. The monoisotopic (exact) mass is 363 g/mol. The molecule has 2 aromatic heterocycles. The minimum Gasteiger partial charge on any atom is -0.497 e. The SMILES string of the molecule is COc1ccc2cc(C(=O)OCC(=O)c3oc4ccccc4c3C)[nH]c2c1. The fourth-order valence-electron chi connectivity index (χ4n) is 3.06. The Bertz CT molecular complexity index is 1170. The molecular weight excluding hydrogens is 346 g/mol. The van der Waals surface area contributed by atoms with Gasteiger partial charge in [-0.15, -0.1) is 0 Å². The number of aryl methyl sites for hydroxylation is 1. The van der Waals surface area contributed by atoms with Gasteiger partial charge in [-0.2, -0.15) is 0 Å². The van der Waals surface area contributed by atoms with Crippen LogP contribution >= 0.6 is 0 Å². The first-order valence-corrected chi connectivity index (χ1v) is 8.42. The first-order valence-electron chi connectivity index (χ1n) is 8.42. The second kappa shape index (κ2) is 6.64. The molecule has 0 saturated carbocycles. The van der Waals surface area contributed by atoms with E-state index >= 15 is 0 Å². The maximum absolute atomic E-state index is 12.4. The van der Waals surface area contributed by atoms with E-state index in [0.717, 1.165) is 21.9 Å². The lowest BCUT2D eigenvalue weighted by atomic mass is 10.1. The van der Waals surface area contributed by atoms with E-state index in [-0.39, 0.29) is 17.2 Å². The average Bonchev–Trinajstić information content (AvgIpc) is 3.27. The minimum atomic E-state index is -0.604. The fraction of sp³-hybridized carbons (Fsp3) is 0.143. The summed E-state index contributed by atoms with van der Waals surface area (Å²) in [4.78, 5) is 27.7. The molecule has 6 heteroatoms. The van der Waals surface area contributed by atoms with E-state index in [1.54, 1.807) is 31.4 Å². The zero-order valence-corrected chi connectivity index (χ0v) is 14.9. The minimum absolute atomic E-state index is 0.213. The third kappa shape index (κ3) is 3.06. The molecule has 6 nitrogen and oxygen atoms in total. The number of nitrogens with one attached hydrogen (secondary N) is 1. The van der Waals surface area contributed by atoms with Gasteiger partial charge in [0.15, 0.2) is 12.4 Å². The summed E-state index contributed by atoms with van der Waals surface area (Å²) < 4.78 is 15.9. The van der Waals surface area contributed by atoms with Crippen LogP contribution in [0.15, 0.2) is 52.9 Å². The van der Waals surface area contributed by atoms with Crippen LogP contribution in [0, 0.1) is 6.92 Å². The smallest absolute Gasteiger partial charge is 0.355 e. The number of fused-ring (bicyclic) bond motifs is 2. The number of benzene rings is 2. The van der Waals surface area contributed by atoms with Gasteiger partial charge in [-0.1, -0.05) is 18.2 Å². The van der Waals surface area contributed by atoms with Crippen molar-refractivity contribution in [1.29, 1.82) is 0 Å². The van der Waals surface area contributed by atoms with Gasteiger partial charge in [0, 0.05) is 27.9 Å². The Morgan fingerprint density at radius 1 is 1.11 bits per heavy atom. The molecule has 0 saturated heterocycles. The first-order chi connectivity index (χ1) is 13.1. The van der Waals surface area contributed by atoms with Crippen LogP contribution in [0.5, 0.6) is 5.75 Å². The Hall–Kier alpha value is -3.54. The molecule has 4 aromatic rings. The van der Waals surface area contributed by atoms with Crippen LogP contribution < -0.4 is 4.74 Å². The molecule has 0 bridgehead atoms. The molecule has 0 fully saturated rings. The Morgan fingerprint density at radius 3 is 2.70 bits per heavy atom. The number of ketones is 1. The molecule has 4 rings (SSSR count). The summed E-state index contributed by atoms with van der Waals surface area (Å²) in [6, 6.07) is 14.5. The van der Waals surface area contributed by atoms with Crippen LogP contribution in [-0.4, -0.2) is 30.5 Å². The quantitative estimate of drug-likeness (QED) is 0.423. The Balaban J connectivity index is 1.50. The molecule has 0 aliphatic heterocycles. The second-order valence-corrected chi connectivity index (χ2v) is 6.19. The van der Waals surface area contributed by atoms with Crippen molar-refractivity contribution < 1.29 is 23.5 Å². The number of hydrogen-bond donors (Lipinski definition) is 1. The predicted molar refractivity (Wildman–Crippen MR) is 100 cm³/mol. The number of methoxy groups -OCH3 is 1. The fourth-order valence-corrected chi connectivity index (χ4v) is 3.06. The number of H-pyrrole nitrogens is 1. The summed E-state index contributed by atoms with van der Waals surface area (Å²) in [5.41, 5.74) is 2.40. The highest BCUT2D eigenvalue weighted by atomic mass is 16.5. The van der Waals surface area contributed by atoms with Crippen LogP contribution in [0.1, 0.15) is 26.6 Å². The molecule has 1 N–H and O–H groups in total. The van der Waals surface area contributed by atoms with Crippen LogP contribution in [0.3, 0.4) is 0 Å². The Morgan fingerprint density at radius 2 is 1.93 bits per heavy atom. The maximum atomic E-state index is 12.4. The largest absolute Gasteiger partial charge is 0.497 e. The standard InChI is InChI=1S/C21H17NO5/c1-12-15-5-3-4-6-19(15)27-20(12)18(23)11-26-21(24)17-9-13-7-8-14(25-2)10-16(13)22-17/h3-10,22H,11H2,1-2H3. The van der Waals surface area contributed by atoms with E-state index in [2.05, 4.69) is 4.98 Å². The van der Waals surface area contributed by atoms with E-state index in [4.69, 9.17) is 13.9 Å². The van der Waals surface area contributed by atoms with Crippen LogP contribution in [0.2, 0.25) is 0 Å². The third-order valence-electron chi connectivity index (χ3n) is 4.48. The maximum Gasteiger partial charge on any atom is 0.355 e. The van der Waals surface area contributed by atoms with E-state index < -0.39 is 12.6 Å². The zero-order valence-electron chi connectivity index (χ0n) is 14.9. The van der Waals surface area contributed by atoms with Gasteiger partial charge in [-0.05, 0) is 31.2 Å². The van der Waals surface area contributed by atoms with Crippen molar-refractivity contribution >= 4 is 33.6 Å². The molecule has 2 aromatic carbocycles. The van der Waals surface area contributed by atoms with Gasteiger partial charge in [0.2, 0.25) is 5.78 Å². The lowest BCUT2D eigenvalue weighted by Gasteiger charge is -2.02. The van der Waals surface area contributed by atoms with Crippen molar-refractivity contribution in [2.75, 3.05) is 13.7 Å². The summed E-state index contributed by atoms with van der Waals surface area (Å²) in [7, 11) is 1.57. The van der Waals surface area contributed by atoms with Gasteiger partial charge >= 0.3 is 5.97 Å². The molecule has 2 heterocycles. The van der Waals surface area contributed by atoms with Crippen molar-refractivity contribution in [3.05, 3.63) is 65.5 Å². The number of hydrogen-bond acceptors (Lipinski definition) is 5. The van der Waals surface area contributed by atoms with Crippen molar-refractivity contribution in [3.8, 4) is 5.75 Å². The van der Waals surface area contributed by atoms with Crippen molar-refractivity contribution in [1.82, 2.24) is 4.98 Å². The normalized spacial score (nSPS) is 11.0. The van der Waals surface area contributed by atoms with Crippen molar-refractivity contribution in [2.24, 2.45) is 0 Å². The molecule has 0 amide bonds. The number of aromatic amines is 1.